The van der Waals surface area contributed by atoms with Crippen molar-refractivity contribution >= 4 is 15.7 Å². The van der Waals surface area contributed by atoms with E-state index in [0.717, 1.165) is 0 Å². The van der Waals surface area contributed by atoms with E-state index in [1.807, 2.05) is 0 Å². The zero-order valence-corrected chi connectivity index (χ0v) is 10.5. The molecule has 0 atom stereocenters. The number of pyridine rings is 1. The number of nitrogens with zero attached hydrogens (tertiary/aromatic N) is 1. The lowest BCUT2D eigenvalue weighted by molar-refractivity contribution is 0.459. The van der Waals surface area contributed by atoms with Crippen molar-refractivity contribution in [3.63, 3.8) is 0 Å². The third-order valence-corrected chi connectivity index (χ3v) is 3.83. The zero-order valence-electron chi connectivity index (χ0n) is 9.66. The Morgan fingerprint density at radius 2 is 1.94 bits per heavy atom. The number of hydrogen-bond donors (Lipinski definition) is 2. The molecule has 1 heterocycles. The van der Waals surface area contributed by atoms with Gasteiger partial charge >= 0.3 is 0 Å². The van der Waals surface area contributed by atoms with Crippen LogP contribution >= 0.6 is 0 Å². The summed E-state index contributed by atoms with van der Waals surface area (Å²) in [6, 6.07) is 7.34. The van der Waals surface area contributed by atoms with Gasteiger partial charge in [0.25, 0.3) is 10.0 Å². The molecular weight excluding hydrogens is 252 g/mol. The average molecular weight is 264 g/mol. The summed E-state index contributed by atoms with van der Waals surface area (Å²) in [5.74, 6) is -0.281. The molecule has 18 heavy (non-hydrogen) atoms. The summed E-state index contributed by atoms with van der Waals surface area (Å²) in [4.78, 5) is 3.73. The number of nitrogens with one attached hydrogen (secondary N) is 1. The van der Waals surface area contributed by atoms with E-state index in [4.69, 9.17) is 0 Å². The van der Waals surface area contributed by atoms with Crippen molar-refractivity contribution in [1.29, 1.82) is 0 Å². The number of para-hydroxylation sites is 1. The number of hydrogen-bond acceptors (Lipinski definition) is 4. The number of rotatable bonds is 3. The molecule has 0 fully saturated rings. The van der Waals surface area contributed by atoms with Gasteiger partial charge in [0.15, 0.2) is 0 Å². The van der Waals surface area contributed by atoms with Crippen molar-refractivity contribution in [2.75, 3.05) is 4.72 Å². The lowest BCUT2D eigenvalue weighted by Gasteiger charge is -2.10. The van der Waals surface area contributed by atoms with Gasteiger partial charge in [-0.25, -0.2) is 8.42 Å². The minimum atomic E-state index is -3.79. The van der Waals surface area contributed by atoms with Gasteiger partial charge in [-0.2, -0.15) is 0 Å². The van der Waals surface area contributed by atoms with E-state index < -0.39 is 10.0 Å². The molecule has 0 unspecified atom stereocenters. The fourth-order valence-corrected chi connectivity index (χ4v) is 2.70. The van der Waals surface area contributed by atoms with E-state index in [-0.39, 0.29) is 10.6 Å². The van der Waals surface area contributed by atoms with Crippen molar-refractivity contribution < 1.29 is 13.5 Å². The Balaban J connectivity index is 2.40. The number of benzene rings is 1. The Morgan fingerprint density at radius 1 is 1.22 bits per heavy atom. The maximum atomic E-state index is 12.1. The van der Waals surface area contributed by atoms with Crippen LogP contribution in [0.5, 0.6) is 5.75 Å². The molecular formula is C12H12N2O3S. The SMILES string of the molecule is Cc1cnccc1NS(=O)(=O)c1ccccc1O. The molecule has 1 aromatic heterocycles. The minimum absolute atomic E-state index is 0.152. The molecule has 0 saturated carbocycles. The molecule has 0 aliphatic carbocycles. The number of aromatic nitrogens is 1. The van der Waals surface area contributed by atoms with Crippen LogP contribution in [-0.4, -0.2) is 18.5 Å². The molecule has 6 heteroatoms. The Hall–Kier alpha value is -2.08. The highest BCUT2D eigenvalue weighted by Crippen LogP contribution is 2.24. The molecule has 0 aliphatic heterocycles. The van der Waals surface area contributed by atoms with E-state index in [0.29, 0.717) is 11.3 Å². The van der Waals surface area contributed by atoms with Crippen molar-refractivity contribution in [2.24, 2.45) is 0 Å². The van der Waals surface area contributed by atoms with Crippen LogP contribution in [0.15, 0.2) is 47.6 Å². The predicted octanol–water partition coefficient (Wildman–Crippen LogP) is 1.90. The molecule has 0 spiro atoms. The van der Waals surface area contributed by atoms with Gasteiger partial charge in [0.1, 0.15) is 10.6 Å². The van der Waals surface area contributed by atoms with Crippen LogP contribution in [0.25, 0.3) is 0 Å². The van der Waals surface area contributed by atoms with Crippen molar-refractivity contribution in [2.45, 2.75) is 11.8 Å². The molecule has 2 rings (SSSR count). The number of sulfonamides is 1. The predicted molar refractivity (Wildman–Crippen MR) is 67.9 cm³/mol. The van der Waals surface area contributed by atoms with Gasteiger partial charge in [-0.05, 0) is 30.7 Å². The summed E-state index contributed by atoms with van der Waals surface area (Å²) in [5.41, 5.74) is 1.14. The maximum Gasteiger partial charge on any atom is 0.265 e. The summed E-state index contributed by atoms with van der Waals surface area (Å²) < 4.78 is 26.6. The summed E-state index contributed by atoms with van der Waals surface area (Å²) in [6.45, 7) is 1.75. The standard InChI is InChI=1S/C12H12N2O3S/c1-9-8-13-7-6-10(9)14-18(16,17)12-5-3-2-4-11(12)15/h2-8,15H,1H3,(H,13,14). The quantitative estimate of drug-likeness (QED) is 0.887. The summed E-state index contributed by atoms with van der Waals surface area (Å²) in [7, 11) is -3.79. The van der Waals surface area contributed by atoms with Crippen LogP contribution in [0, 0.1) is 6.92 Å². The zero-order chi connectivity index (χ0) is 13.2. The Kier molecular flexibility index (Phi) is 3.20. The Morgan fingerprint density at radius 3 is 2.61 bits per heavy atom. The summed E-state index contributed by atoms with van der Waals surface area (Å²) >= 11 is 0. The third-order valence-electron chi connectivity index (χ3n) is 2.42. The van der Waals surface area contributed by atoms with Gasteiger partial charge in [-0.15, -0.1) is 0 Å². The molecule has 5 nitrogen and oxygen atoms in total. The summed E-state index contributed by atoms with van der Waals surface area (Å²) in [6.07, 6.45) is 3.05. The van der Waals surface area contributed by atoms with Gasteiger partial charge in [0, 0.05) is 12.4 Å². The maximum absolute atomic E-state index is 12.1. The van der Waals surface area contributed by atoms with Crippen molar-refractivity contribution in [1.82, 2.24) is 4.98 Å². The summed E-state index contributed by atoms with van der Waals surface area (Å²) in [5, 5.41) is 9.56. The first-order valence-electron chi connectivity index (χ1n) is 5.22. The van der Waals surface area contributed by atoms with Gasteiger partial charge in [-0.1, -0.05) is 12.1 Å². The van der Waals surface area contributed by atoms with Crippen LogP contribution in [0.4, 0.5) is 5.69 Å². The Labute approximate surface area is 105 Å². The topological polar surface area (TPSA) is 79.3 Å². The van der Waals surface area contributed by atoms with E-state index in [1.54, 1.807) is 31.3 Å². The molecule has 0 saturated heterocycles. The second-order valence-corrected chi connectivity index (χ2v) is 5.41. The third kappa shape index (κ3) is 2.43. The second-order valence-electron chi connectivity index (χ2n) is 3.76. The fourth-order valence-electron chi connectivity index (χ4n) is 1.47. The number of aromatic hydroxyl groups is 1. The van der Waals surface area contributed by atoms with Gasteiger partial charge in [0.05, 0.1) is 5.69 Å². The molecule has 1 aromatic carbocycles. The van der Waals surface area contributed by atoms with Crippen molar-refractivity contribution in [3.05, 3.63) is 48.3 Å². The first kappa shape index (κ1) is 12.4. The number of phenolic OH excluding ortho intramolecular Hbond substituents is 1. The first-order chi connectivity index (χ1) is 8.50. The highest BCUT2D eigenvalue weighted by molar-refractivity contribution is 7.92. The molecule has 2 N–H and O–H groups in total. The molecule has 2 aromatic rings. The van der Waals surface area contributed by atoms with Crippen molar-refractivity contribution in [3.8, 4) is 5.75 Å². The molecule has 0 aliphatic rings. The van der Waals surface area contributed by atoms with E-state index in [1.165, 1.54) is 18.3 Å². The number of anilines is 1. The first-order valence-corrected chi connectivity index (χ1v) is 6.70. The largest absolute Gasteiger partial charge is 0.507 e. The second kappa shape index (κ2) is 4.66. The normalized spacial score (nSPS) is 11.2. The van der Waals surface area contributed by atoms with Gasteiger partial charge < -0.3 is 5.11 Å². The Bertz CT molecular complexity index is 669. The molecule has 0 bridgehead atoms. The lowest BCUT2D eigenvalue weighted by Crippen LogP contribution is -2.13. The highest BCUT2D eigenvalue weighted by atomic mass is 32.2. The van der Waals surface area contributed by atoms with Crippen LogP contribution in [0.3, 0.4) is 0 Å². The van der Waals surface area contributed by atoms with Crippen LogP contribution in [0.1, 0.15) is 5.56 Å². The average Bonchev–Trinajstić information content (AvgIpc) is 2.32. The van der Waals surface area contributed by atoms with Crippen LogP contribution in [0.2, 0.25) is 0 Å². The van der Waals surface area contributed by atoms with E-state index in [9.17, 15) is 13.5 Å². The van der Waals surface area contributed by atoms with Crippen LogP contribution in [-0.2, 0) is 10.0 Å². The number of phenols is 1. The lowest BCUT2D eigenvalue weighted by atomic mass is 10.3. The smallest absolute Gasteiger partial charge is 0.265 e. The van der Waals surface area contributed by atoms with Gasteiger partial charge in [-0.3, -0.25) is 9.71 Å². The van der Waals surface area contributed by atoms with Gasteiger partial charge in [0.2, 0.25) is 0 Å². The number of aryl methyl sites for hydroxylation is 1. The molecule has 0 radical (unpaired) electrons. The van der Waals surface area contributed by atoms with Crippen LogP contribution < -0.4 is 4.72 Å². The highest BCUT2D eigenvalue weighted by Gasteiger charge is 2.18. The monoisotopic (exact) mass is 264 g/mol. The molecule has 94 valence electrons. The minimum Gasteiger partial charge on any atom is -0.507 e. The van der Waals surface area contributed by atoms with E-state index in [2.05, 4.69) is 9.71 Å². The fraction of sp³-hybridized carbons (Fsp3) is 0.0833. The van der Waals surface area contributed by atoms with E-state index >= 15 is 0 Å². The molecule has 0 amide bonds.